The minimum absolute atomic E-state index is 0.122. The van der Waals surface area contributed by atoms with Crippen LogP contribution in [0, 0.1) is 0 Å². The molecule has 2 N–H and O–H groups in total. The van der Waals surface area contributed by atoms with E-state index in [0.717, 1.165) is 10.9 Å². The number of phenolic OH excluding ortho intramolecular Hbond substituents is 1. The molecule has 0 radical (unpaired) electrons. The van der Waals surface area contributed by atoms with Crippen LogP contribution < -0.4 is 14.8 Å². The molecule has 0 fully saturated rings. The third kappa shape index (κ3) is 3.33. The first kappa shape index (κ1) is 16.6. The zero-order valence-corrected chi connectivity index (χ0v) is 13.9. The summed E-state index contributed by atoms with van der Waals surface area (Å²) in [4.78, 5) is 16.5. The first-order chi connectivity index (χ1) is 12.1. The summed E-state index contributed by atoms with van der Waals surface area (Å²) in [5, 5.41) is 13.9. The maximum atomic E-state index is 12.4. The Morgan fingerprint density at radius 2 is 1.92 bits per heavy atom. The lowest BCUT2D eigenvalue weighted by molar-refractivity contribution is 0.0948. The number of methoxy groups -OCH3 is 2. The van der Waals surface area contributed by atoms with Gasteiger partial charge < -0.3 is 19.9 Å². The average molecular weight is 338 g/mol. The number of hydrogen-bond donors (Lipinski definition) is 2. The summed E-state index contributed by atoms with van der Waals surface area (Å²) in [6.45, 7) is 0.291. The highest BCUT2D eigenvalue weighted by atomic mass is 16.5. The van der Waals surface area contributed by atoms with E-state index in [1.807, 2.05) is 12.1 Å². The number of benzene rings is 2. The molecule has 25 heavy (non-hydrogen) atoms. The van der Waals surface area contributed by atoms with Crippen LogP contribution in [0.2, 0.25) is 0 Å². The van der Waals surface area contributed by atoms with Gasteiger partial charge in [0.15, 0.2) is 17.2 Å². The Balaban J connectivity index is 1.78. The summed E-state index contributed by atoms with van der Waals surface area (Å²) in [5.41, 5.74) is 1.44. The molecule has 3 aromatic rings. The number of ether oxygens (including phenoxy) is 2. The molecule has 6 heteroatoms. The number of hydrogen-bond acceptors (Lipinski definition) is 5. The quantitative estimate of drug-likeness (QED) is 0.748. The lowest BCUT2D eigenvalue weighted by Gasteiger charge is -2.11. The summed E-state index contributed by atoms with van der Waals surface area (Å²) in [6, 6.07) is 12.4. The zero-order chi connectivity index (χ0) is 17.8. The number of aromatic hydroxyl groups is 1. The number of pyridine rings is 1. The number of carbonyl (C=O) groups is 1. The summed E-state index contributed by atoms with van der Waals surface area (Å²) in [7, 11) is 3.12. The second-order valence-electron chi connectivity index (χ2n) is 5.41. The van der Waals surface area contributed by atoms with Crippen LogP contribution in [0.25, 0.3) is 10.9 Å². The van der Waals surface area contributed by atoms with E-state index < -0.39 is 0 Å². The van der Waals surface area contributed by atoms with E-state index >= 15 is 0 Å². The van der Waals surface area contributed by atoms with Gasteiger partial charge in [-0.2, -0.15) is 0 Å². The van der Waals surface area contributed by atoms with Crippen LogP contribution in [-0.2, 0) is 6.54 Å². The van der Waals surface area contributed by atoms with Gasteiger partial charge in [0.25, 0.3) is 5.91 Å². The third-order valence-electron chi connectivity index (χ3n) is 3.89. The second-order valence-corrected chi connectivity index (χ2v) is 5.41. The molecule has 1 aromatic heterocycles. The van der Waals surface area contributed by atoms with Gasteiger partial charge in [0, 0.05) is 18.1 Å². The Hall–Kier alpha value is -3.28. The van der Waals surface area contributed by atoms with Gasteiger partial charge in [0.1, 0.15) is 5.52 Å². The van der Waals surface area contributed by atoms with Crippen LogP contribution in [-0.4, -0.2) is 30.2 Å². The molecule has 0 saturated carbocycles. The van der Waals surface area contributed by atoms with Gasteiger partial charge in [-0.3, -0.25) is 9.78 Å². The van der Waals surface area contributed by atoms with Gasteiger partial charge in [-0.15, -0.1) is 0 Å². The van der Waals surface area contributed by atoms with E-state index in [4.69, 9.17) is 9.47 Å². The number of nitrogens with one attached hydrogen (secondary N) is 1. The second kappa shape index (κ2) is 7.09. The standard InChI is InChI=1S/C19H18N2O4/c1-24-15-8-5-12(10-16(15)25-2)11-21-19(23)14-7-6-13-4-3-9-20-17(13)18(14)22/h3-10,22H,11H2,1-2H3,(H,21,23). The van der Waals surface area contributed by atoms with E-state index in [2.05, 4.69) is 10.3 Å². The van der Waals surface area contributed by atoms with Crippen LogP contribution in [0.5, 0.6) is 17.2 Å². The molecule has 0 unspecified atom stereocenters. The predicted octanol–water partition coefficient (Wildman–Crippen LogP) is 2.89. The van der Waals surface area contributed by atoms with Crippen molar-refractivity contribution in [1.29, 1.82) is 0 Å². The van der Waals surface area contributed by atoms with Crippen molar-refractivity contribution in [1.82, 2.24) is 10.3 Å². The van der Waals surface area contributed by atoms with E-state index in [-0.39, 0.29) is 17.2 Å². The fourth-order valence-corrected chi connectivity index (χ4v) is 2.58. The van der Waals surface area contributed by atoms with Crippen LogP contribution >= 0.6 is 0 Å². The molecule has 0 atom stereocenters. The van der Waals surface area contributed by atoms with Crippen LogP contribution in [0.1, 0.15) is 15.9 Å². The lowest BCUT2D eigenvalue weighted by Crippen LogP contribution is -2.23. The maximum absolute atomic E-state index is 12.4. The van der Waals surface area contributed by atoms with Gasteiger partial charge in [0.05, 0.1) is 19.8 Å². The van der Waals surface area contributed by atoms with Gasteiger partial charge in [-0.25, -0.2) is 0 Å². The molecule has 6 nitrogen and oxygen atoms in total. The van der Waals surface area contributed by atoms with Crippen LogP contribution in [0.3, 0.4) is 0 Å². The Morgan fingerprint density at radius 3 is 2.68 bits per heavy atom. The molecule has 0 spiro atoms. The largest absolute Gasteiger partial charge is 0.505 e. The Labute approximate surface area is 145 Å². The SMILES string of the molecule is COc1ccc(CNC(=O)c2ccc3cccnc3c2O)cc1OC. The Morgan fingerprint density at radius 1 is 1.12 bits per heavy atom. The van der Waals surface area contributed by atoms with Crippen molar-refractivity contribution in [3.05, 3.63) is 59.8 Å². The molecule has 3 rings (SSSR count). The maximum Gasteiger partial charge on any atom is 0.255 e. The first-order valence-electron chi connectivity index (χ1n) is 7.70. The molecule has 2 aromatic carbocycles. The first-order valence-corrected chi connectivity index (χ1v) is 7.70. The van der Waals surface area contributed by atoms with Crippen molar-refractivity contribution in [2.75, 3.05) is 14.2 Å². The molecule has 128 valence electrons. The third-order valence-corrected chi connectivity index (χ3v) is 3.89. The van der Waals surface area contributed by atoms with Gasteiger partial charge in [-0.05, 0) is 29.8 Å². The highest BCUT2D eigenvalue weighted by Gasteiger charge is 2.14. The van der Waals surface area contributed by atoms with E-state index in [0.29, 0.717) is 23.6 Å². The van der Waals surface area contributed by atoms with E-state index in [1.54, 1.807) is 50.7 Å². The zero-order valence-electron chi connectivity index (χ0n) is 13.9. The van der Waals surface area contributed by atoms with E-state index in [9.17, 15) is 9.90 Å². The molecule has 1 heterocycles. The van der Waals surface area contributed by atoms with Crippen molar-refractivity contribution in [2.24, 2.45) is 0 Å². The minimum Gasteiger partial charge on any atom is -0.505 e. The topological polar surface area (TPSA) is 80.7 Å². The normalized spacial score (nSPS) is 10.5. The number of amides is 1. The van der Waals surface area contributed by atoms with Crippen molar-refractivity contribution in [3.63, 3.8) is 0 Å². The molecule has 1 amide bonds. The van der Waals surface area contributed by atoms with Crippen LogP contribution in [0.4, 0.5) is 0 Å². The predicted molar refractivity (Wildman–Crippen MR) is 94.1 cm³/mol. The average Bonchev–Trinajstić information content (AvgIpc) is 2.66. The van der Waals surface area contributed by atoms with Crippen LogP contribution in [0.15, 0.2) is 48.7 Å². The molecule has 0 bridgehead atoms. The lowest BCUT2D eigenvalue weighted by atomic mass is 10.1. The Bertz CT molecular complexity index is 924. The highest BCUT2D eigenvalue weighted by molar-refractivity contribution is 6.02. The van der Waals surface area contributed by atoms with Crippen molar-refractivity contribution in [2.45, 2.75) is 6.54 Å². The smallest absolute Gasteiger partial charge is 0.255 e. The summed E-state index contributed by atoms with van der Waals surface area (Å²) >= 11 is 0. The monoisotopic (exact) mass is 338 g/mol. The number of carbonyl (C=O) groups excluding carboxylic acids is 1. The Kier molecular flexibility index (Phi) is 4.70. The molecular weight excluding hydrogens is 320 g/mol. The number of aromatic nitrogens is 1. The number of rotatable bonds is 5. The van der Waals surface area contributed by atoms with E-state index in [1.165, 1.54) is 0 Å². The molecule has 0 saturated heterocycles. The number of nitrogens with zero attached hydrogens (tertiary/aromatic N) is 1. The fraction of sp³-hybridized carbons (Fsp3) is 0.158. The molecule has 0 aliphatic rings. The highest BCUT2D eigenvalue weighted by Crippen LogP contribution is 2.28. The summed E-state index contributed by atoms with van der Waals surface area (Å²) < 4.78 is 10.4. The van der Waals surface area contributed by atoms with Gasteiger partial charge >= 0.3 is 0 Å². The van der Waals surface area contributed by atoms with Crippen molar-refractivity contribution in [3.8, 4) is 17.2 Å². The molecule has 0 aliphatic carbocycles. The van der Waals surface area contributed by atoms with Gasteiger partial charge in [0.2, 0.25) is 0 Å². The van der Waals surface area contributed by atoms with Crippen molar-refractivity contribution < 1.29 is 19.4 Å². The summed E-state index contributed by atoms with van der Waals surface area (Å²) in [6.07, 6.45) is 1.58. The minimum atomic E-state index is -0.375. The fourth-order valence-electron chi connectivity index (χ4n) is 2.58. The number of phenols is 1. The van der Waals surface area contributed by atoms with Crippen molar-refractivity contribution >= 4 is 16.8 Å². The number of fused-ring (bicyclic) bond motifs is 1. The summed E-state index contributed by atoms with van der Waals surface area (Å²) in [5.74, 6) is 0.713. The van der Waals surface area contributed by atoms with Gasteiger partial charge in [-0.1, -0.05) is 18.2 Å². The molecule has 0 aliphatic heterocycles. The molecular formula is C19H18N2O4.